The molecule has 0 spiro atoms. The van der Waals surface area contributed by atoms with Crippen LogP contribution in [-0.4, -0.2) is 54.6 Å². The molecule has 3 aliphatic rings. The fourth-order valence-electron chi connectivity index (χ4n) is 3.67. The minimum Gasteiger partial charge on any atom is -0.486 e. The molecule has 10 nitrogen and oxygen atoms in total. The summed E-state index contributed by atoms with van der Waals surface area (Å²) in [6.45, 7) is 0.662. The molecule has 158 valence electrons. The Balaban J connectivity index is 1.28. The molecule has 0 radical (unpaired) electrons. The number of fused-ring (bicyclic) bond motifs is 2. The Labute approximate surface area is 181 Å². The zero-order valence-corrected chi connectivity index (χ0v) is 16.8. The van der Waals surface area contributed by atoms with Crippen LogP contribution in [0.25, 0.3) is 0 Å². The highest BCUT2D eigenvalue weighted by Crippen LogP contribution is 2.34. The molecule has 2 atom stereocenters. The lowest BCUT2D eigenvalue weighted by Crippen LogP contribution is -2.43. The summed E-state index contributed by atoms with van der Waals surface area (Å²) in [5.41, 5.74) is 0.906. The zero-order chi connectivity index (χ0) is 21.5. The first-order valence-corrected chi connectivity index (χ1v) is 9.89. The highest BCUT2D eigenvalue weighted by Gasteiger charge is 2.55. The summed E-state index contributed by atoms with van der Waals surface area (Å²) < 4.78 is 11.0. The molecular weight excluding hydrogens is 426 g/mol. The van der Waals surface area contributed by atoms with E-state index < -0.39 is 29.8 Å². The van der Waals surface area contributed by atoms with Gasteiger partial charge in [0, 0.05) is 16.8 Å². The molecule has 5 rings (SSSR count). The Morgan fingerprint density at radius 2 is 1.81 bits per heavy atom. The van der Waals surface area contributed by atoms with Crippen LogP contribution in [-0.2, 0) is 14.4 Å². The number of carbonyl (C=O) groups is 3. The molecule has 2 aromatic carbocycles. The van der Waals surface area contributed by atoms with Crippen molar-refractivity contribution < 1.29 is 23.9 Å². The lowest BCUT2D eigenvalue weighted by atomic mass is 10.1. The van der Waals surface area contributed by atoms with Gasteiger partial charge in [-0.2, -0.15) is 5.11 Å². The van der Waals surface area contributed by atoms with Gasteiger partial charge in [-0.1, -0.05) is 16.8 Å². The molecule has 2 unspecified atom stereocenters. The second-order valence-electron chi connectivity index (χ2n) is 7.09. The zero-order valence-electron chi connectivity index (χ0n) is 16.0. The molecule has 2 aromatic rings. The highest BCUT2D eigenvalue weighted by molar-refractivity contribution is 6.31. The van der Waals surface area contributed by atoms with Crippen molar-refractivity contribution in [2.45, 2.75) is 12.1 Å². The molecule has 3 aliphatic heterocycles. The number of imide groups is 1. The highest BCUT2D eigenvalue weighted by atomic mass is 35.5. The number of nitrogens with one attached hydrogen (secondary N) is 1. The van der Waals surface area contributed by atoms with E-state index in [0.29, 0.717) is 41.1 Å². The van der Waals surface area contributed by atoms with Crippen LogP contribution in [0.5, 0.6) is 11.5 Å². The van der Waals surface area contributed by atoms with Crippen molar-refractivity contribution in [3.05, 3.63) is 47.5 Å². The Hall–Kier alpha value is -3.66. The van der Waals surface area contributed by atoms with Gasteiger partial charge in [-0.25, -0.2) is 4.90 Å². The van der Waals surface area contributed by atoms with E-state index >= 15 is 0 Å². The minimum atomic E-state index is -0.981. The molecule has 3 heterocycles. The van der Waals surface area contributed by atoms with E-state index in [4.69, 9.17) is 21.1 Å². The van der Waals surface area contributed by atoms with Crippen molar-refractivity contribution in [1.82, 2.24) is 5.01 Å². The number of anilines is 2. The molecule has 1 fully saturated rings. The van der Waals surface area contributed by atoms with Crippen LogP contribution >= 0.6 is 11.6 Å². The first-order valence-electron chi connectivity index (χ1n) is 9.51. The first kappa shape index (κ1) is 19.3. The van der Waals surface area contributed by atoms with E-state index in [-0.39, 0.29) is 6.54 Å². The van der Waals surface area contributed by atoms with Crippen molar-refractivity contribution >= 4 is 40.7 Å². The summed E-state index contributed by atoms with van der Waals surface area (Å²) >= 11 is 5.88. The number of halogens is 1. The molecule has 0 saturated carbocycles. The largest absolute Gasteiger partial charge is 0.486 e. The van der Waals surface area contributed by atoms with Crippen molar-refractivity contribution in [2.24, 2.45) is 10.3 Å². The Morgan fingerprint density at radius 1 is 1.06 bits per heavy atom. The van der Waals surface area contributed by atoms with Gasteiger partial charge in [-0.3, -0.25) is 19.4 Å². The molecule has 0 aromatic heterocycles. The second kappa shape index (κ2) is 7.55. The summed E-state index contributed by atoms with van der Waals surface area (Å²) in [5.74, 6) is -0.246. The van der Waals surface area contributed by atoms with E-state index in [0.717, 1.165) is 4.90 Å². The van der Waals surface area contributed by atoms with E-state index in [1.54, 1.807) is 42.5 Å². The molecule has 0 aliphatic carbocycles. The number of benzene rings is 2. The van der Waals surface area contributed by atoms with Gasteiger partial charge in [-0.05, 0) is 36.4 Å². The Morgan fingerprint density at radius 3 is 2.58 bits per heavy atom. The number of hydrogen-bond donors (Lipinski definition) is 1. The minimum absolute atomic E-state index is 0.243. The van der Waals surface area contributed by atoms with Crippen LogP contribution in [0.2, 0.25) is 5.02 Å². The van der Waals surface area contributed by atoms with E-state index in [9.17, 15) is 14.4 Å². The predicted molar refractivity (Wildman–Crippen MR) is 109 cm³/mol. The summed E-state index contributed by atoms with van der Waals surface area (Å²) in [4.78, 5) is 39.3. The normalized spacial score (nSPS) is 21.5. The number of hydrogen-bond acceptors (Lipinski definition) is 8. The first-order chi connectivity index (χ1) is 15.0. The van der Waals surface area contributed by atoms with Crippen molar-refractivity contribution in [1.29, 1.82) is 0 Å². The maximum atomic E-state index is 12.9. The monoisotopic (exact) mass is 441 g/mol. The molecule has 11 heteroatoms. The maximum Gasteiger partial charge on any atom is 0.263 e. The van der Waals surface area contributed by atoms with Gasteiger partial charge >= 0.3 is 0 Å². The van der Waals surface area contributed by atoms with E-state index in [1.807, 2.05) is 0 Å². The average molecular weight is 442 g/mol. The SMILES string of the molecule is O=C(CN1N=NC2C(=O)N(c3ccc(Cl)cc3)C(=O)C21)Nc1ccc2c(c1)OCCO2. The molecule has 3 amide bonds. The van der Waals surface area contributed by atoms with Gasteiger partial charge in [-0.15, -0.1) is 0 Å². The molecular formula is C20H16ClN5O5. The molecule has 1 saturated heterocycles. The number of nitrogens with zero attached hydrogens (tertiary/aromatic N) is 4. The summed E-state index contributed by atoms with van der Waals surface area (Å²) in [5, 5.41) is 12.2. The van der Waals surface area contributed by atoms with Crippen LogP contribution < -0.4 is 19.7 Å². The van der Waals surface area contributed by atoms with E-state index in [2.05, 4.69) is 15.7 Å². The number of rotatable bonds is 4. The number of carbonyl (C=O) groups excluding carboxylic acids is 3. The van der Waals surface area contributed by atoms with Crippen LogP contribution in [0, 0.1) is 0 Å². The van der Waals surface area contributed by atoms with Crippen LogP contribution in [0.1, 0.15) is 0 Å². The molecule has 31 heavy (non-hydrogen) atoms. The van der Waals surface area contributed by atoms with Gasteiger partial charge in [0.1, 0.15) is 19.8 Å². The van der Waals surface area contributed by atoms with Gasteiger partial charge in [0.2, 0.25) is 5.91 Å². The van der Waals surface area contributed by atoms with Crippen LogP contribution in [0.3, 0.4) is 0 Å². The Kier molecular flexibility index (Phi) is 4.70. The maximum absolute atomic E-state index is 12.9. The van der Waals surface area contributed by atoms with Gasteiger partial charge in [0.05, 0.1) is 5.69 Å². The summed E-state index contributed by atoms with van der Waals surface area (Å²) in [6, 6.07) is 9.44. The van der Waals surface area contributed by atoms with Crippen molar-refractivity contribution in [3.8, 4) is 11.5 Å². The molecule has 0 bridgehead atoms. The third-order valence-corrected chi connectivity index (χ3v) is 5.33. The Bertz CT molecular complexity index is 1110. The summed E-state index contributed by atoms with van der Waals surface area (Å²) in [6.07, 6.45) is 0. The third kappa shape index (κ3) is 3.44. The summed E-state index contributed by atoms with van der Waals surface area (Å²) in [7, 11) is 0. The second-order valence-corrected chi connectivity index (χ2v) is 7.52. The fourth-order valence-corrected chi connectivity index (χ4v) is 3.79. The van der Waals surface area contributed by atoms with Gasteiger partial charge in [0.25, 0.3) is 11.8 Å². The topological polar surface area (TPSA) is 113 Å². The fraction of sp³-hybridized carbons (Fsp3) is 0.250. The quantitative estimate of drug-likeness (QED) is 0.726. The molecule has 1 N–H and O–H groups in total. The lowest BCUT2D eigenvalue weighted by molar-refractivity contribution is -0.123. The van der Waals surface area contributed by atoms with Gasteiger partial charge in [0.15, 0.2) is 23.6 Å². The standard InChI is InChI=1S/C20H16ClN5O5/c21-11-1-4-13(5-2-11)26-19(28)17-18(20(26)29)25(24-23-17)10-16(27)22-12-3-6-14-15(9-12)31-8-7-30-14/h1-6,9,17-18H,7-8,10H2,(H,22,27). The van der Waals surface area contributed by atoms with E-state index in [1.165, 1.54) is 5.01 Å². The van der Waals surface area contributed by atoms with Crippen molar-refractivity contribution in [2.75, 3.05) is 30.0 Å². The third-order valence-electron chi connectivity index (χ3n) is 5.07. The number of ether oxygens (including phenoxy) is 2. The number of amides is 3. The average Bonchev–Trinajstić information content (AvgIpc) is 3.28. The smallest absolute Gasteiger partial charge is 0.263 e. The predicted octanol–water partition coefficient (Wildman–Crippen LogP) is 2.04. The lowest BCUT2D eigenvalue weighted by Gasteiger charge is -2.21. The van der Waals surface area contributed by atoms with Gasteiger partial charge < -0.3 is 14.8 Å². The van der Waals surface area contributed by atoms with Crippen molar-refractivity contribution in [3.63, 3.8) is 0 Å². The van der Waals surface area contributed by atoms with Crippen LogP contribution in [0.15, 0.2) is 52.8 Å². The van der Waals surface area contributed by atoms with Crippen LogP contribution in [0.4, 0.5) is 11.4 Å².